The van der Waals surface area contributed by atoms with E-state index in [1.807, 2.05) is 31.5 Å². The molecule has 0 amide bonds. The maximum atomic E-state index is 13.3. The van der Waals surface area contributed by atoms with Crippen molar-refractivity contribution in [3.63, 3.8) is 0 Å². The Morgan fingerprint density at radius 2 is 2.11 bits per heavy atom. The Bertz CT molecular complexity index is 741. The zero-order valence-electron chi connectivity index (χ0n) is 16.7. The van der Waals surface area contributed by atoms with Crippen molar-refractivity contribution in [2.75, 3.05) is 50.1 Å². The Labute approximate surface area is 171 Å². The summed E-state index contributed by atoms with van der Waals surface area (Å²) < 4.78 is 13.3. The van der Waals surface area contributed by atoms with Crippen LogP contribution in [0.3, 0.4) is 0 Å². The summed E-state index contributed by atoms with van der Waals surface area (Å²) in [6.07, 6.45) is 3.17. The van der Waals surface area contributed by atoms with Crippen LogP contribution in [0.2, 0.25) is 0 Å². The summed E-state index contributed by atoms with van der Waals surface area (Å²) in [6.45, 7) is 3.83. The van der Waals surface area contributed by atoms with Crippen LogP contribution in [-0.2, 0) is 0 Å². The third-order valence-corrected chi connectivity index (χ3v) is 6.02. The summed E-state index contributed by atoms with van der Waals surface area (Å²) in [5, 5.41) is 10.5. The molecule has 1 aromatic carbocycles. The molecule has 0 unspecified atom stereocenters. The van der Waals surface area contributed by atoms with Gasteiger partial charge in [-0.2, -0.15) is 0 Å². The molecule has 3 rings (SSSR count). The van der Waals surface area contributed by atoms with E-state index in [0.29, 0.717) is 6.04 Å². The second kappa shape index (κ2) is 10.3. The lowest BCUT2D eigenvalue weighted by Crippen LogP contribution is -2.49. The lowest BCUT2D eigenvalue weighted by molar-refractivity contribution is 0.462. The van der Waals surface area contributed by atoms with E-state index in [1.54, 1.807) is 12.1 Å². The number of aliphatic imine (C=N–C) groups is 1. The van der Waals surface area contributed by atoms with Crippen LogP contribution in [0.15, 0.2) is 46.8 Å². The summed E-state index contributed by atoms with van der Waals surface area (Å²) in [6, 6.07) is 11.5. The molecule has 0 saturated carbocycles. The molecule has 0 aliphatic carbocycles. The minimum atomic E-state index is -0.197. The van der Waals surface area contributed by atoms with Crippen LogP contribution < -0.4 is 20.4 Å². The van der Waals surface area contributed by atoms with Crippen molar-refractivity contribution in [2.45, 2.75) is 25.3 Å². The first-order valence-corrected chi connectivity index (χ1v) is 10.8. The molecule has 0 atom stereocenters. The lowest BCUT2D eigenvalue weighted by Gasteiger charge is -2.33. The van der Waals surface area contributed by atoms with E-state index < -0.39 is 0 Å². The summed E-state index contributed by atoms with van der Waals surface area (Å²) in [5.74, 6) is 0.667. The quantitative estimate of drug-likeness (QED) is 0.422. The van der Waals surface area contributed by atoms with Gasteiger partial charge in [0.2, 0.25) is 0 Å². The monoisotopic (exact) mass is 403 g/mol. The lowest BCUT2D eigenvalue weighted by atomic mass is 10.1. The van der Waals surface area contributed by atoms with Crippen LogP contribution in [0.5, 0.6) is 0 Å². The van der Waals surface area contributed by atoms with E-state index in [0.717, 1.165) is 57.1 Å². The molecular weight excluding hydrogens is 373 g/mol. The molecule has 2 aromatic rings. The number of benzene rings is 1. The van der Waals surface area contributed by atoms with Crippen molar-refractivity contribution < 1.29 is 4.39 Å². The molecule has 7 heteroatoms. The number of thiophene rings is 1. The number of piperidine rings is 1. The van der Waals surface area contributed by atoms with E-state index in [1.165, 1.54) is 11.1 Å². The van der Waals surface area contributed by atoms with Gasteiger partial charge < -0.3 is 20.4 Å². The highest BCUT2D eigenvalue weighted by Crippen LogP contribution is 2.24. The van der Waals surface area contributed by atoms with Gasteiger partial charge in [0.05, 0.1) is 5.00 Å². The highest BCUT2D eigenvalue weighted by molar-refractivity contribution is 7.14. The third-order valence-electron chi connectivity index (χ3n) is 5.09. The Morgan fingerprint density at radius 3 is 2.79 bits per heavy atom. The van der Waals surface area contributed by atoms with E-state index >= 15 is 0 Å². The van der Waals surface area contributed by atoms with E-state index in [4.69, 9.17) is 0 Å². The van der Waals surface area contributed by atoms with E-state index in [2.05, 4.69) is 42.9 Å². The molecule has 0 spiro atoms. The van der Waals surface area contributed by atoms with Crippen molar-refractivity contribution >= 4 is 28.0 Å². The van der Waals surface area contributed by atoms with Crippen LogP contribution >= 0.6 is 11.3 Å². The molecule has 2 N–H and O–H groups in total. The first-order chi connectivity index (χ1) is 13.7. The normalized spacial score (nSPS) is 15.5. The fraction of sp³-hybridized carbons (Fsp3) is 0.476. The predicted molar refractivity (Wildman–Crippen MR) is 118 cm³/mol. The molecule has 152 valence electrons. The molecule has 2 heterocycles. The Morgan fingerprint density at radius 1 is 1.29 bits per heavy atom. The Kier molecular flexibility index (Phi) is 7.54. The smallest absolute Gasteiger partial charge is 0.191 e. The van der Waals surface area contributed by atoms with Gasteiger partial charge in [0, 0.05) is 52.0 Å². The summed E-state index contributed by atoms with van der Waals surface area (Å²) >= 11 is 1.81. The summed E-state index contributed by atoms with van der Waals surface area (Å²) in [5.41, 5.74) is 0.903. The number of anilines is 2. The van der Waals surface area contributed by atoms with E-state index in [-0.39, 0.29) is 5.82 Å². The standard InChI is InChI=1S/C21H30FN5S/c1-23-21(24-11-5-12-26(2)19-7-3-6-17(22)16-19)25-18-9-13-27(14-10-18)20-8-4-15-28-20/h3-4,6-8,15-16,18H,5,9-14H2,1-2H3,(H2,23,24,25). The van der Waals surface area contributed by atoms with Crippen molar-refractivity contribution in [3.05, 3.63) is 47.6 Å². The minimum absolute atomic E-state index is 0.197. The van der Waals surface area contributed by atoms with Crippen LogP contribution in [0.25, 0.3) is 0 Å². The SMILES string of the molecule is CN=C(NCCCN(C)c1cccc(F)c1)NC1CCN(c2cccs2)CC1. The molecule has 1 aliphatic rings. The van der Waals surface area contributed by atoms with Crippen molar-refractivity contribution in [3.8, 4) is 0 Å². The molecule has 1 saturated heterocycles. The van der Waals surface area contributed by atoms with Gasteiger partial charge in [-0.15, -0.1) is 11.3 Å². The Balaban J connectivity index is 1.35. The fourth-order valence-corrected chi connectivity index (χ4v) is 4.23. The zero-order chi connectivity index (χ0) is 19.8. The molecule has 5 nitrogen and oxygen atoms in total. The van der Waals surface area contributed by atoms with Crippen molar-refractivity contribution in [2.24, 2.45) is 4.99 Å². The fourth-order valence-electron chi connectivity index (χ4n) is 3.45. The average Bonchev–Trinajstić information content (AvgIpc) is 3.25. The zero-order valence-corrected chi connectivity index (χ0v) is 17.5. The molecule has 0 bridgehead atoms. The number of nitrogens with zero attached hydrogens (tertiary/aromatic N) is 3. The molecular formula is C21H30FN5S. The van der Waals surface area contributed by atoms with Gasteiger partial charge in [-0.05, 0) is 55.0 Å². The molecule has 0 radical (unpaired) electrons. The number of halogens is 1. The Hall–Kier alpha value is -2.28. The molecule has 1 aromatic heterocycles. The first kappa shape index (κ1) is 20.5. The van der Waals surface area contributed by atoms with Crippen LogP contribution in [0.4, 0.5) is 15.1 Å². The van der Waals surface area contributed by atoms with Gasteiger partial charge in [0.15, 0.2) is 5.96 Å². The van der Waals surface area contributed by atoms with Gasteiger partial charge in [-0.25, -0.2) is 4.39 Å². The highest BCUT2D eigenvalue weighted by atomic mass is 32.1. The molecule has 28 heavy (non-hydrogen) atoms. The van der Waals surface area contributed by atoms with Crippen LogP contribution in [-0.4, -0.2) is 52.3 Å². The maximum absolute atomic E-state index is 13.3. The summed E-state index contributed by atoms with van der Waals surface area (Å²) in [4.78, 5) is 8.89. The maximum Gasteiger partial charge on any atom is 0.191 e. The summed E-state index contributed by atoms with van der Waals surface area (Å²) in [7, 11) is 3.80. The molecule has 1 fully saturated rings. The number of guanidine groups is 1. The number of hydrogen-bond donors (Lipinski definition) is 2. The topological polar surface area (TPSA) is 42.9 Å². The van der Waals surface area contributed by atoms with E-state index in [9.17, 15) is 4.39 Å². The van der Waals surface area contributed by atoms with Crippen LogP contribution in [0.1, 0.15) is 19.3 Å². The first-order valence-electron chi connectivity index (χ1n) is 9.88. The van der Waals surface area contributed by atoms with Crippen molar-refractivity contribution in [1.29, 1.82) is 0 Å². The van der Waals surface area contributed by atoms with Crippen LogP contribution in [0, 0.1) is 5.82 Å². The molecule has 1 aliphatic heterocycles. The number of hydrogen-bond acceptors (Lipinski definition) is 4. The largest absolute Gasteiger partial charge is 0.374 e. The number of rotatable bonds is 7. The third kappa shape index (κ3) is 5.86. The van der Waals surface area contributed by atoms with Gasteiger partial charge in [-0.3, -0.25) is 4.99 Å². The second-order valence-electron chi connectivity index (χ2n) is 7.11. The van der Waals surface area contributed by atoms with Gasteiger partial charge >= 0.3 is 0 Å². The average molecular weight is 404 g/mol. The predicted octanol–water partition coefficient (Wildman–Crippen LogP) is 3.55. The van der Waals surface area contributed by atoms with Crippen molar-refractivity contribution in [1.82, 2.24) is 10.6 Å². The highest BCUT2D eigenvalue weighted by Gasteiger charge is 2.20. The van der Waals surface area contributed by atoms with Gasteiger partial charge in [-0.1, -0.05) is 6.07 Å². The minimum Gasteiger partial charge on any atom is -0.374 e. The van der Waals surface area contributed by atoms with Gasteiger partial charge in [0.1, 0.15) is 5.82 Å². The van der Waals surface area contributed by atoms with Gasteiger partial charge in [0.25, 0.3) is 0 Å². The second-order valence-corrected chi connectivity index (χ2v) is 8.04. The number of nitrogens with one attached hydrogen (secondary N) is 2.